The maximum absolute atomic E-state index is 12.5. The van der Waals surface area contributed by atoms with E-state index in [4.69, 9.17) is 53.1 Å². The number of fused-ring (bicyclic) bond motifs is 19. The number of rotatable bonds is 14. The van der Waals surface area contributed by atoms with Crippen molar-refractivity contribution in [2.45, 2.75) is 144 Å². The summed E-state index contributed by atoms with van der Waals surface area (Å²) in [7, 11) is 9.03. The molecule has 6 aromatic rings. The van der Waals surface area contributed by atoms with Crippen LogP contribution in [0.15, 0.2) is 73.3 Å². The average molecular weight is 1450 g/mol. The third-order valence-corrected chi connectivity index (χ3v) is 22.6. The number of nitrogens with zero attached hydrogens (tertiary/aromatic N) is 7. The molecule has 10 atom stereocenters. The van der Waals surface area contributed by atoms with Crippen molar-refractivity contribution in [2.75, 3.05) is 75.5 Å². The number of esters is 1. The lowest BCUT2D eigenvalue weighted by Crippen LogP contribution is -2.68. The summed E-state index contributed by atoms with van der Waals surface area (Å²) in [5, 5.41) is 35.2. The van der Waals surface area contributed by atoms with Gasteiger partial charge in [0.15, 0.2) is 52.8 Å². The normalized spacial score (nSPS) is 24.3. The number of hydrogen-bond donors (Lipinski definition) is 2. The molecule has 22 heteroatoms. The highest BCUT2D eigenvalue weighted by Crippen LogP contribution is 2.61. The smallest absolute Gasteiger partial charge is 0.308 e. The summed E-state index contributed by atoms with van der Waals surface area (Å²) in [6, 6.07) is 24.4. The number of phenolic OH excluding ortho intramolecular Hbond substituents is 1. The molecule has 9 aliphatic rings. The van der Waals surface area contributed by atoms with Gasteiger partial charge in [-0.25, -0.2) is 0 Å². The number of ether oxygens (including phenoxy) is 10. The van der Waals surface area contributed by atoms with Crippen LogP contribution in [-0.4, -0.2) is 147 Å². The highest BCUT2D eigenvalue weighted by molar-refractivity contribution is 9.09. The number of carbonyl (C=O) groups excluding carboxylic acids is 1. The summed E-state index contributed by atoms with van der Waals surface area (Å²) in [5.74, 6) is 5.54. The van der Waals surface area contributed by atoms with E-state index in [9.17, 15) is 20.4 Å². The van der Waals surface area contributed by atoms with Crippen molar-refractivity contribution < 1.29 is 57.3 Å². The van der Waals surface area contributed by atoms with Gasteiger partial charge in [-0.15, -0.1) is 0 Å². The second-order valence-electron chi connectivity index (χ2n) is 26.4. The number of nitriles is 2. The Morgan fingerprint density at radius 2 is 1.14 bits per heavy atom. The molecule has 0 saturated carbocycles. The Labute approximate surface area is 584 Å². The number of piperazine rings is 2. The molecular formula is C75H84Br2N8O12. The van der Waals surface area contributed by atoms with E-state index in [1.807, 2.05) is 27.7 Å². The second-order valence-corrected chi connectivity index (χ2v) is 27.6. The van der Waals surface area contributed by atoms with Gasteiger partial charge in [0.25, 0.3) is 0 Å². The average Bonchev–Trinajstić information content (AvgIpc) is 1.54. The summed E-state index contributed by atoms with van der Waals surface area (Å²) in [6.45, 7) is 16.3. The topological polar surface area (TPSA) is 219 Å². The number of methoxy groups -OCH3 is 3. The Bertz CT molecular complexity index is 4130. The lowest BCUT2D eigenvalue weighted by molar-refractivity contribution is -0.132. The first-order chi connectivity index (χ1) is 47.0. The van der Waals surface area contributed by atoms with Crippen molar-refractivity contribution >= 4 is 37.8 Å². The van der Waals surface area contributed by atoms with Crippen molar-refractivity contribution in [3.63, 3.8) is 0 Å². The van der Waals surface area contributed by atoms with Crippen molar-refractivity contribution in [2.24, 2.45) is 5.73 Å². The van der Waals surface area contributed by atoms with Crippen LogP contribution >= 0.6 is 31.9 Å². The molecule has 9 heterocycles. The van der Waals surface area contributed by atoms with E-state index < -0.39 is 18.1 Å². The quantitative estimate of drug-likeness (QED) is 0.0340. The number of alkyl halides is 2. The molecule has 0 spiro atoms. The molecule has 9 aliphatic heterocycles. The SMILES string of the molecule is BrCc1ccccc1CBr.C=CCOc1c(C)c2c(c3c1C[C@H]1[C@H]4c5c(cc(C)c(OC)c5OCOC)C[C@@H]([C@H](C#N)N1[C@H]3CN)N4C)OCO2.COc1c(C)cc2c(c1O)[C@@H]1[C@@H]3Cc4c(OC(C)=O)c(C)c5c(c4[C@H](CN4Cc6ccccc6C4)N3[C@@H](C#N)[C@H](C2)N1C)OCO5. The molecule has 2 saturated heterocycles. The van der Waals surface area contributed by atoms with E-state index in [1.165, 1.54) is 34.7 Å². The van der Waals surface area contributed by atoms with E-state index in [0.29, 0.717) is 91.4 Å². The highest BCUT2D eigenvalue weighted by atomic mass is 79.9. The molecule has 15 rings (SSSR count). The van der Waals surface area contributed by atoms with Crippen LogP contribution in [0.3, 0.4) is 0 Å². The van der Waals surface area contributed by atoms with Gasteiger partial charge in [0.2, 0.25) is 13.6 Å². The van der Waals surface area contributed by atoms with E-state index in [-0.39, 0.29) is 74.5 Å². The highest BCUT2D eigenvalue weighted by Gasteiger charge is 2.59. The number of aromatic hydroxyl groups is 1. The lowest BCUT2D eigenvalue weighted by Gasteiger charge is -2.60. The van der Waals surface area contributed by atoms with Gasteiger partial charge in [0.1, 0.15) is 30.2 Å². The maximum Gasteiger partial charge on any atom is 0.308 e. The van der Waals surface area contributed by atoms with Crippen LogP contribution in [0.25, 0.3) is 0 Å². The zero-order valence-corrected chi connectivity index (χ0v) is 59.8. The first-order valence-electron chi connectivity index (χ1n) is 33.0. The third-order valence-electron chi connectivity index (χ3n) is 21.4. The molecule has 0 amide bonds. The van der Waals surface area contributed by atoms with Crippen LogP contribution < -0.4 is 48.4 Å². The van der Waals surface area contributed by atoms with Crippen molar-refractivity contribution in [3.05, 3.63) is 162 Å². The Kier molecular flexibility index (Phi) is 19.6. The number of hydrogen-bond acceptors (Lipinski definition) is 20. The molecule has 6 aromatic carbocycles. The minimum atomic E-state index is -0.441. The van der Waals surface area contributed by atoms with Crippen LogP contribution in [0.1, 0.15) is 120 Å². The minimum absolute atomic E-state index is 0.0421. The van der Waals surface area contributed by atoms with Gasteiger partial charge in [-0.1, -0.05) is 105 Å². The van der Waals surface area contributed by atoms with E-state index in [1.54, 1.807) is 27.4 Å². The van der Waals surface area contributed by atoms with Crippen molar-refractivity contribution in [1.82, 2.24) is 24.5 Å². The fourth-order valence-corrected chi connectivity index (χ4v) is 18.6. The van der Waals surface area contributed by atoms with Crippen LogP contribution in [0.2, 0.25) is 0 Å². The first-order valence-corrected chi connectivity index (χ1v) is 35.2. The van der Waals surface area contributed by atoms with Gasteiger partial charge in [-0.2, -0.15) is 10.5 Å². The Hall–Kier alpha value is -7.61. The Morgan fingerprint density at radius 1 is 0.649 bits per heavy atom. The van der Waals surface area contributed by atoms with Gasteiger partial charge in [0, 0.05) is 120 Å². The Balaban J connectivity index is 0.000000154. The summed E-state index contributed by atoms with van der Waals surface area (Å²) in [4.78, 5) is 24.3. The number of phenols is 1. The largest absolute Gasteiger partial charge is 0.504 e. The molecule has 510 valence electrons. The monoisotopic (exact) mass is 1450 g/mol. The molecule has 20 nitrogen and oxygen atoms in total. The molecule has 4 bridgehead atoms. The number of benzene rings is 6. The fourth-order valence-electron chi connectivity index (χ4n) is 17.5. The first kappa shape index (κ1) is 67.9. The fraction of sp³-hybridized carbons (Fsp3) is 0.453. The molecule has 0 aliphatic carbocycles. The predicted octanol–water partition coefficient (Wildman–Crippen LogP) is 11.3. The zero-order chi connectivity index (χ0) is 68.4. The lowest BCUT2D eigenvalue weighted by atomic mass is 9.71. The zero-order valence-electron chi connectivity index (χ0n) is 56.6. The van der Waals surface area contributed by atoms with Crippen LogP contribution in [-0.2, 0) is 59.0 Å². The summed E-state index contributed by atoms with van der Waals surface area (Å²) in [5.41, 5.74) is 23.3. The minimum Gasteiger partial charge on any atom is -0.504 e. The number of nitrogens with two attached hydrogens (primary N) is 1. The van der Waals surface area contributed by atoms with Gasteiger partial charge >= 0.3 is 5.97 Å². The van der Waals surface area contributed by atoms with Gasteiger partial charge in [-0.3, -0.25) is 29.3 Å². The summed E-state index contributed by atoms with van der Waals surface area (Å²) < 4.78 is 59.7. The van der Waals surface area contributed by atoms with Crippen LogP contribution in [0, 0.1) is 50.4 Å². The third kappa shape index (κ3) is 11.4. The molecule has 0 aromatic heterocycles. The maximum atomic E-state index is 12.5. The van der Waals surface area contributed by atoms with Crippen molar-refractivity contribution in [1.29, 1.82) is 10.5 Å². The summed E-state index contributed by atoms with van der Waals surface area (Å²) in [6.07, 6.45) is 4.17. The molecular weight excluding hydrogens is 1360 g/mol. The molecule has 97 heavy (non-hydrogen) atoms. The van der Waals surface area contributed by atoms with Crippen molar-refractivity contribution in [3.8, 4) is 69.6 Å². The second kappa shape index (κ2) is 28.0. The van der Waals surface area contributed by atoms with Gasteiger partial charge in [0.05, 0.1) is 50.5 Å². The molecule has 2 fully saturated rings. The number of carbonyl (C=O) groups is 1. The predicted molar refractivity (Wildman–Crippen MR) is 371 cm³/mol. The van der Waals surface area contributed by atoms with Gasteiger partial charge < -0.3 is 58.2 Å². The van der Waals surface area contributed by atoms with Crippen LogP contribution in [0.4, 0.5) is 0 Å². The number of likely N-dealkylation sites (N-methyl/N-ethyl adjacent to an activating group) is 2. The standard InChI is InChI=1S/C36H38N4O6.C31H38N4O6.C8H8Br2/c1-18-10-23-11-25-27(13-37)40-26(31(38(25)4)29(23)32(42)33(18)43-5)12-24-30(28(40)16-39-14-21-8-6-7-9-22(21)15-39)36-35(44-17-45-36)19(2)34(24)46-20(3)41;1-7-8-38-28-17(3)29-31(41-15-40-29)25-19(28)11-21-26-24-18(9-16(2)27(37-6)30(24)39-14-36-5)10-20(34(26)4)22(12-32)35(21)23(25)13-33;9-5-7-3-1-2-4-8(7)6-10/h6-10,25-28,31,42H,11-12,14-17H2,1-5H3;7,9,20-23,26H,1,8,10-11,13-15,33H2,2-6H3;1-4H,5-6H2/t25-,26-,27-,28-,31-;20-,21-,22-,23-,26-;/m00./s1. The Morgan fingerprint density at radius 3 is 1.66 bits per heavy atom. The van der Waals surface area contributed by atoms with E-state index in [2.05, 4.69) is 150 Å². The number of halogens is 2. The molecule has 3 N–H and O–H groups in total. The van der Waals surface area contributed by atoms with Crippen LogP contribution in [0.5, 0.6) is 57.5 Å². The van der Waals surface area contributed by atoms with E-state index >= 15 is 0 Å². The molecule has 0 unspecified atom stereocenters. The summed E-state index contributed by atoms with van der Waals surface area (Å²) >= 11 is 6.86. The van der Waals surface area contributed by atoms with E-state index in [0.717, 1.165) is 90.7 Å². The van der Waals surface area contributed by atoms with Gasteiger partial charge in [-0.05, 0) is 112 Å². The number of aryl methyl sites for hydroxylation is 2. The molecule has 0 radical (unpaired) electrons.